The molecule has 0 spiro atoms. The number of benzene rings is 2. The predicted octanol–water partition coefficient (Wildman–Crippen LogP) is 4.53. The van der Waals surface area contributed by atoms with Gasteiger partial charge in [-0.25, -0.2) is 0 Å². The molecule has 2 heterocycles. The monoisotopic (exact) mass is 432 g/mol. The highest BCUT2D eigenvalue weighted by Crippen LogP contribution is 2.28. The number of fused-ring (bicyclic) bond motifs is 1. The van der Waals surface area contributed by atoms with Gasteiger partial charge in [-0.3, -0.25) is 14.5 Å². The van der Waals surface area contributed by atoms with E-state index >= 15 is 0 Å². The first-order valence-electron chi connectivity index (χ1n) is 11.3. The average molecular weight is 433 g/mol. The standard InChI is InChI=1S/C26H32N4O2/c1-17(2)29(4)16-19-7-10-24(30-11-5-6-12-30)22(14-19)26(32)27-20-8-9-23-21(15-20)18(3)13-25(31)28-23/h7-10,13-15,17H,5-6,11-12,16H2,1-4H3,(H,27,32)(H,28,31). The molecule has 3 aromatic rings. The predicted molar refractivity (Wildman–Crippen MR) is 132 cm³/mol. The smallest absolute Gasteiger partial charge is 0.257 e. The van der Waals surface area contributed by atoms with Crippen molar-refractivity contribution in [2.24, 2.45) is 0 Å². The van der Waals surface area contributed by atoms with Crippen LogP contribution < -0.4 is 15.8 Å². The van der Waals surface area contributed by atoms with E-state index in [1.807, 2.05) is 31.2 Å². The second-order valence-electron chi connectivity index (χ2n) is 9.09. The average Bonchev–Trinajstić information content (AvgIpc) is 3.28. The molecule has 0 unspecified atom stereocenters. The fraction of sp³-hybridized carbons (Fsp3) is 0.385. The van der Waals surface area contributed by atoms with E-state index in [0.717, 1.165) is 65.9 Å². The lowest BCUT2D eigenvalue weighted by Gasteiger charge is -2.24. The molecule has 32 heavy (non-hydrogen) atoms. The summed E-state index contributed by atoms with van der Waals surface area (Å²) in [6, 6.07) is 13.9. The molecule has 4 rings (SSSR count). The number of rotatable bonds is 6. The van der Waals surface area contributed by atoms with E-state index in [2.05, 4.69) is 53.1 Å². The van der Waals surface area contributed by atoms with Gasteiger partial charge in [-0.2, -0.15) is 0 Å². The first-order chi connectivity index (χ1) is 15.3. The van der Waals surface area contributed by atoms with Crippen LogP contribution in [0.3, 0.4) is 0 Å². The van der Waals surface area contributed by atoms with Crippen LogP contribution in [0.1, 0.15) is 48.2 Å². The van der Waals surface area contributed by atoms with Gasteiger partial charge in [-0.1, -0.05) is 6.07 Å². The number of amides is 1. The van der Waals surface area contributed by atoms with Gasteiger partial charge in [0, 0.05) is 54.0 Å². The van der Waals surface area contributed by atoms with Crippen molar-refractivity contribution in [1.82, 2.24) is 9.88 Å². The van der Waals surface area contributed by atoms with Crippen molar-refractivity contribution in [3.63, 3.8) is 0 Å². The minimum absolute atomic E-state index is 0.109. The van der Waals surface area contributed by atoms with Gasteiger partial charge in [0.1, 0.15) is 0 Å². The van der Waals surface area contributed by atoms with Crippen LogP contribution in [0, 0.1) is 6.92 Å². The van der Waals surface area contributed by atoms with Crippen molar-refractivity contribution in [3.05, 3.63) is 69.5 Å². The van der Waals surface area contributed by atoms with Crippen LogP contribution in [0.2, 0.25) is 0 Å². The topological polar surface area (TPSA) is 68.4 Å². The van der Waals surface area contributed by atoms with Crippen molar-refractivity contribution >= 4 is 28.2 Å². The number of aromatic amines is 1. The van der Waals surface area contributed by atoms with Gasteiger partial charge in [0.25, 0.3) is 5.91 Å². The summed E-state index contributed by atoms with van der Waals surface area (Å²) in [5.41, 5.74) is 5.08. The maximum atomic E-state index is 13.4. The van der Waals surface area contributed by atoms with Gasteiger partial charge in [0.15, 0.2) is 0 Å². The fourth-order valence-corrected chi connectivity index (χ4v) is 4.27. The first-order valence-corrected chi connectivity index (χ1v) is 11.3. The van der Waals surface area contributed by atoms with Crippen LogP contribution in [0.4, 0.5) is 11.4 Å². The van der Waals surface area contributed by atoms with Gasteiger partial charge >= 0.3 is 0 Å². The van der Waals surface area contributed by atoms with Crippen molar-refractivity contribution in [2.45, 2.75) is 46.2 Å². The minimum atomic E-state index is -0.120. The van der Waals surface area contributed by atoms with Gasteiger partial charge < -0.3 is 15.2 Å². The summed E-state index contributed by atoms with van der Waals surface area (Å²) in [5.74, 6) is -0.109. The lowest BCUT2D eigenvalue weighted by molar-refractivity contribution is 0.102. The van der Waals surface area contributed by atoms with E-state index in [-0.39, 0.29) is 11.5 Å². The van der Waals surface area contributed by atoms with Crippen molar-refractivity contribution < 1.29 is 4.79 Å². The van der Waals surface area contributed by atoms with E-state index in [0.29, 0.717) is 11.6 Å². The van der Waals surface area contributed by atoms with E-state index in [1.54, 1.807) is 6.07 Å². The summed E-state index contributed by atoms with van der Waals surface area (Å²) < 4.78 is 0. The summed E-state index contributed by atoms with van der Waals surface area (Å²) in [6.45, 7) is 8.99. The van der Waals surface area contributed by atoms with Crippen molar-refractivity contribution in [3.8, 4) is 0 Å². The highest BCUT2D eigenvalue weighted by Gasteiger charge is 2.21. The van der Waals surface area contributed by atoms with Crippen LogP contribution in [0.15, 0.2) is 47.3 Å². The molecular weight excluding hydrogens is 400 g/mol. The molecule has 1 fully saturated rings. The Labute approximate surface area is 189 Å². The minimum Gasteiger partial charge on any atom is -0.371 e. The molecule has 2 aromatic carbocycles. The maximum absolute atomic E-state index is 13.4. The van der Waals surface area contributed by atoms with E-state index in [1.165, 1.54) is 0 Å². The number of hydrogen-bond donors (Lipinski definition) is 2. The third-order valence-corrected chi connectivity index (χ3v) is 6.37. The number of H-pyrrole nitrogens is 1. The van der Waals surface area contributed by atoms with Gasteiger partial charge in [0.05, 0.1) is 5.56 Å². The lowest BCUT2D eigenvalue weighted by atomic mass is 10.1. The van der Waals surface area contributed by atoms with Gasteiger partial charge in [0.2, 0.25) is 5.56 Å². The Kier molecular flexibility index (Phi) is 6.33. The van der Waals surface area contributed by atoms with Crippen molar-refractivity contribution in [2.75, 3.05) is 30.4 Å². The number of nitrogens with one attached hydrogen (secondary N) is 2. The zero-order valence-electron chi connectivity index (χ0n) is 19.4. The number of nitrogens with zero attached hydrogens (tertiary/aromatic N) is 2. The fourth-order valence-electron chi connectivity index (χ4n) is 4.27. The molecule has 168 valence electrons. The molecule has 6 heteroatoms. The summed E-state index contributed by atoms with van der Waals surface area (Å²) in [5, 5.41) is 4.01. The Morgan fingerprint density at radius 3 is 2.59 bits per heavy atom. The number of hydrogen-bond acceptors (Lipinski definition) is 4. The molecule has 0 radical (unpaired) electrons. The number of pyridine rings is 1. The Hall–Kier alpha value is -3.12. The van der Waals surface area contributed by atoms with Crippen LogP contribution in [-0.2, 0) is 6.54 Å². The molecule has 1 aromatic heterocycles. The lowest BCUT2D eigenvalue weighted by Crippen LogP contribution is -2.26. The highest BCUT2D eigenvalue weighted by molar-refractivity contribution is 6.09. The van der Waals surface area contributed by atoms with E-state index in [9.17, 15) is 9.59 Å². The first kappa shape index (κ1) is 22.1. The number of carbonyl (C=O) groups is 1. The number of carbonyl (C=O) groups excluding carboxylic acids is 1. The molecule has 6 nitrogen and oxygen atoms in total. The second-order valence-corrected chi connectivity index (χ2v) is 9.09. The molecule has 0 bridgehead atoms. The number of aryl methyl sites for hydroxylation is 1. The van der Waals surface area contributed by atoms with E-state index < -0.39 is 0 Å². The quantitative estimate of drug-likeness (QED) is 0.601. The summed E-state index contributed by atoms with van der Waals surface area (Å²) in [7, 11) is 2.10. The Morgan fingerprint density at radius 2 is 1.88 bits per heavy atom. The molecule has 0 aliphatic carbocycles. The molecule has 1 saturated heterocycles. The molecule has 0 atom stereocenters. The zero-order valence-corrected chi connectivity index (χ0v) is 19.4. The van der Waals surface area contributed by atoms with Crippen LogP contribution in [-0.4, -0.2) is 42.0 Å². The Morgan fingerprint density at radius 1 is 1.12 bits per heavy atom. The molecule has 1 amide bonds. The molecule has 1 aliphatic rings. The summed E-state index contributed by atoms with van der Waals surface area (Å²) in [6.07, 6.45) is 2.31. The molecular formula is C26H32N4O2. The molecule has 0 saturated carbocycles. The van der Waals surface area contributed by atoms with Gasteiger partial charge in [-0.15, -0.1) is 0 Å². The highest BCUT2D eigenvalue weighted by atomic mass is 16.1. The molecule has 1 aliphatic heterocycles. The summed E-state index contributed by atoms with van der Waals surface area (Å²) >= 11 is 0. The third-order valence-electron chi connectivity index (χ3n) is 6.37. The maximum Gasteiger partial charge on any atom is 0.257 e. The second kappa shape index (κ2) is 9.17. The number of anilines is 2. The summed E-state index contributed by atoms with van der Waals surface area (Å²) in [4.78, 5) is 32.6. The van der Waals surface area contributed by atoms with Gasteiger partial charge in [-0.05, 0) is 82.1 Å². The number of aromatic nitrogens is 1. The van der Waals surface area contributed by atoms with Crippen LogP contribution in [0.5, 0.6) is 0 Å². The van der Waals surface area contributed by atoms with Crippen molar-refractivity contribution in [1.29, 1.82) is 0 Å². The molecule has 2 N–H and O–H groups in total. The largest absolute Gasteiger partial charge is 0.371 e. The van der Waals surface area contributed by atoms with Crippen LogP contribution in [0.25, 0.3) is 10.9 Å². The normalized spacial score (nSPS) is 14.0. The Balaban J connectivity index is 1.66. The van der Waals surface area contributed by atoms with E-state index in [4.69, 9.17) is 0 Å². The SMILES string of the molecule is Cc1cc(=O)[nH]c2ccc(NC(=O)c3cc(CN(C)C(C)C)ccc3N3CCCC3)cc12. The Bertz CT molecular complexity index is 1190. The third kappa shape index (κ3) is 4.70. The van der Waals surface area contributed by atoms with Crippen LogP contribution >= 0.6 is 0 Å². The zero-order chi connectivity index (χ0) is 22.8.